The molecule has 0 spiro atoms. The Kier molecular flexibility index (Phi) is 5.19. The highest BCUT2D eigenvalue weighted by Gasteiger charge is 2.31. The number of fused-ring (bicyclic) bond motifs is 1. The van der Waals surface area contributed by atoms with Crippen LogP contribution in [-0.4, -0.2) is 27.3 Å². The molecular weight excluding hydrogens is 358 g/mol. The summed E-state index contributed by atoms with van der Waals surface area (Å²) < 4.78 is 1.71. The summed E-state index contributed by atoms with van der Waals surface area (Å²) in [5.74, 6) is 0.772. The van der Waals surface area contributed by atoms with Gasteiger partial charge in [0.25, 0.3) is 5.56 Å². The largest absolute Gasteiger partial charge is 0.281 e. The maximum atomic E-state index is 13.3. The van der Waals surface area contributed by atoms with E-state index in [0.29, 0.717) is 12.7 Å². The van der Waals surface area contributed by atoms with E-state index in [1.807, 2.05) is 42.5 Å². The molecule has 2 aromatic carbocycles. The second kappa shape index (κ2) is 8.11. The third-order valence-corrected chi connectivity index (χ3v) is 6.51. The zero-order valence-corrected chi connectivity index (χ0v) is 17.0. The van der Waals surface area contributed by atoms with Crippen molar-refractivity contribution in [2.24, 2.45) is 5.92 Å². The maximum absolute atomic E-state index is 13.3. The highest BCUT2D eigenvalue weighted by atomic mass is 16.1. The fourth-order valence-electron chi connectivity index (χ4n) is 4.78. The van der Waals surface area contributed by atoms with E-state index in [1.54, 1.807) is 4.68 Å². The lowest BCUT2D eigenvalue weighted by Gasteiger charge is -2.30. The monoisotopic (exact) mass is 387 g/mol. The minimum absolute atomic E-state index is 0.0228. The molecule has 0 N–H and O–H groups in total. The van der Waals surface area contributed by atoms with Crippen LogP contribution in [0.25, 0.3) is 22.0 Å². The van der Waals surface area contributed by atoms with Crippen LogP contribution < -0.4 is 5.56 Å². The average Bonchev–Trinajstić information content (AvgIpc) is 3.62. The van der Waals surface area contributed by atoms with Gasteiger partial charge in [-0.2, -0.15) is 5.10 Å². The van der Waals surface area contributed by atoms with Gasteiger partial charge in [-0.05, 0) is 37.7 Å². The van der Waals surface area contributed by atoms with Crippen molar-refractivity contribution in [3.8, 4) is 11.3 Å². The first-order valence-corrected chi connectivity index (χ1v) is 11.1. The van der Waals surface area contributed by atoms with Crippen LogP contribution in [0.15, 0.2) is 59.4 Å². The van der Waals surface area contributed by atoms with Crippen LogP contribution in [0.3, 0.4) is 0 Å². The Hall–Kier alpha value is -2.46. The van der Waals surface area contributed by atoms with Crippen LogP contribution in [-0.2, 0) is 6.67 Å². The van der Waals surface area contributed by atoms with E-state index < -0.39 is 0 Å². The lowest BCUT2D eigenvalue weighted by Crippen LogP contribution is -2.38. The zero-order valence-electron chi connectivity index (χ0n) is 17.0. The Morgan fingerprint density at radius 3 is 2.28 bits per heavy atom. The summed E-state index contributed by atoms with van der Waals surface area (Å²) in [6.45, 7) is 1.71. The molecule has 4 nitrogen and oxygen atoms in total. The van der Waals surface area contributed by atoms with Gasteiger partial charge in [0, 0.05) is 23.5 Å². The minimum atomic E-state index is 0.0228. The Morgan fingerprint density at radius 2 is 1.55 bits per heavy atom. The fourth-order valence-corrected chi connectivity index (χ4v) is 4.78. The first-order valence-electron chi connectivity index (χ1n) is 11.1. The molecule has 3 aromatic rings. The molecule has 2 aliphatic carbocycles. The standard InChI is InChI=1S/C25H29N3O/c29-25-23-14-8-7-13-22(23)24(20-11-5-2-6-12-20)26-28(25)18-27(21-15-16-21)17-19-9-3-1-4-10-19/h2,5-8,11-14,19,21H,1,3-4,9-10,15-18H2. The Balaban J connectivity index is 1.52. The molecular formula is C25H29N3O. The molecule has 1 aromatic heterocycles. The summed E-state index contributed by atoms with van der Waals surface area (Å²) in [6, 6.07) is 18.7. The molecule has 0 bridgehead atoms. The second-order valence-corrected chi connectivity index (χ2v) is 8.71. The summed E-state index contributed by atoms with van der Waals surface area (Å²) in [4.78, 5) is 15.8. The normalized spacial score (nSPS) is 17.8. The van der Waals surface area contributed by atoms with Crippen molar-refractivity contribution in [3.63, 3.8) is 0 Å². The molecule has 29 heavy (non-hydrogen) atoms. The van der Waals surface area contributed by atoms with E-state index in [2.05, 4.69) is 17.0 Å². The molecule has 0 radical (unpaired) electrons. The van der Waals surface area contributed by atoms with Gasteiger partial charge in [-0.15, -0.1) is 0 Å². The van der Waals surface area contributed by atoms with Crippen LogP contribution in [0.5, 0.6) is 0 Å². The van der Waals surface area contributed by atoms with Crippen LogP contribution in [0.2, 0.25) is 0 Å². The maximum Gasteiger partial charge on any atom is 0.275 e. The lowest BCUT2D eigenvalue weighted by atomic mass is 9.89. The van der Waals surface area contributed by atoms with Crippen molar-refractivity contribution in [1.29, 1.82) is 0 Å². The summed E-state index contributed by atoms with van der Waals surface area (Å²) in [5.41, 5.74) is 1.98. The predicted octanol–water partition coefficient (Wildman–Crippen LogP) is 5.07. The van der Waals surface area contributed by atoms with Crippen LogP contribution >= 0.6 is 0 Å². The average molecular weight is 388 g/mol. The molecule has 2 saturated carbocycles. The van der Waals surface area contributed by atoms with Gasteiger partial charge in [0.15, 0.2) is 0 Å². The van der Waals surface area contributed by atoms with Crippen molar-refractivity contribution in [2.75, 3.05) is 6.54 Å². The number of nitrogens with zero attached hydrogens (tertiary/aromatic N) is 3. The van der Waals surface area contributed by atoms with Crippen molar-refractivity contribution < 1.29 is 0 Å². The highest BCUT2D eigenvalue weighted by Crippen LogP contribution is 2.32. The van der Waals surface area contributed by atoms with Gasteiger partial charge in [-0.25, -0.2) is 4.68 Å². The lowest BCUT2D eigenvalue weighted by molar-refractivity contribution is 0.146. The molecule has 4 heteroatoms. The molecule has 0 aliphatic heterocycles. The van der Waals surface area contributed by atoms with Crippen molar-refractivity contribution >= 4 is 10.8 Å². The van der Waals surface area contributed by atoms with Gasteiger partial charge in [-0.3, -0.25) is 9.69 Å². The highest BCUT2D eigenvalue weighted by molar-refractivity contribution is 5.93. The summed E-state index contributed by atoms with van der Waals surface area (Å²) in [6.07, 6.45) is 9.26. The van der Waals surface area contributed by atoms with E-state index in [4.69, 9.17) is 5.10 Å². The van der Waals surface area contributed by atoms with Gasteiger partial charge < -0.3 is 0 Å². The molecule has 2 aliphatic rings. The van der Waals surface area contributed by atoms with Gasteiger partial charge in [-0.1, -0.05) is 67.8 Å². The fraction of sp³-hybridized carbons (Fsp3) is 0.440. The molecule has 1 heterocycles. The predicted molar refractivity (Wildman–Crippen MR) is 118 cm³/mol. The van der Waals surface area contributed by atoms with Gasteiger partial charge in [0.2, 0.25) is 0 Å². The van der Waals surface area contributed by atoms with Crippen molar-refractivity contribution in [3.05, 3.63) is 65.0 Å². The Morgan fingerprint density at radius 1 is 0.862 bits per heavy atom. The van der Waals surface area contributed by atoms with Crippen LogP contribution in [0.4, 0.5) is 0 Å². The third kappa shape index (κ3) is 3.99. The quantitative estimate of drug-likeness (QED) is 0.593. The molecule has 5 rings (SSSR count). The number of rotatable bonds is 6. The zero-order chi connectivity index (χ0) is 19.6. The van der Waals surface area contributed by atoms with E-state index in [9.17, 15) is 4.79 Å². The van der Waals surface area contributed by atoms with Crippen LogP contribution in [0.1, 0.15) is 44.9 Å². The third-order valence-electron chi connectivity index (χ3n) is 6.51. The van der Waals surface area contributed by atoms with E-state index >= 15 is 0 Å². The smallest absolute Gasteiger partial charge is 0.275 e. The second-order valence-electron chi connectivity index (χ2n) is 8.71. The van der Waals surface area contributed by atoms with E-state index in [-0.39, 0.29) is 5.56 Å². The minimum Gasteiger partial charge on any atom is -0.281 e. The van der Waals surface area contributed by atoms with Crippen molar-refractivity contribution in [2.45, 2.75) is 57.7 Å². The molecule has 0 atom stereocenters. The summed E-state index contributed by atoms with van der Waals surface area (Å²) >= 11 is 0. The Labute approximate surface area is 172 Å². The molecule has 150 valence electrons. The number of benzene rings is 2. The molecule has 0 saturated heterocycles. The first kappa shape index (κ1) is 18.6. The first-order chi connectivity index (χ1) is 14.3. The SMILES string of the molecule is O=c1c2ccccc2c(-c2ccccc2)nn1CN(CC1CCCCC1)C1CC1. The van der Waals surface area contributed by atoms with Crippen molar-refractivity contribution in [1.82, 2.24) is 14.7 Å². The Bertz CT molecular complexity index is 1030. The van der Waals surface area contributed by atoms with Gasteiger partial charge in [0.05, 0.1) is 17.7 Å². The number of hydrogen-bond donors (Lipinski definition) is 0. The van der Waals surface area contributed by atoms with E-state index in [1.165, 1.54) is 44.9 Å². The topological polar surface area (TPSA) is 38.1 Å². The van der Waals surface area contributed by atoms with Gasteiger partial charge >= 0.3 is 0 Å². The number of aromatic nitrogens is 2. The molecule has 0 amide bonds. The summed E-state index contributed by atoms with van der Waals surface area (Å²) in [5, 5.41) is 6.57. The molecule has 2 fully saturated rings. The van der Waals surface area contributed by atoms with E-state index in [0.717, 1.165) is 34.5 Å². The van der Waals surface area contributed by atoms with Crippen LogP contribution in [0, 0.1) is 5.92 Å². The number of hydrogen-bond acceptors (Lipinski definition) is 3. The summed E-state index contributed by atoms with van der Waals surface area (Å²) in [7, 11) is 0. The van der Waals surface area contributed by atoms with Gasteiger partial charge in [0.1, 0.15) is 0 Å². The molecule has 0 unspecified atom stereocenters.